The Bertz CT molecular complexity index is 963. The highest BCUT2D eigenvalue weighted by atomic mass is 16.7. The molecule has 34 heavy (non-hydrogen) atoms. The molecule has 0 aliphatic carbocycles. The van der Waals surface area contributed by atoms with Crippen LogP contribution in [0.3, 0.4) is 0 Å². The van der Waals surface area contributed by atoms with Crippen molar-refractivity contribution in [2.45, 2.75) is 52.7 Å². The van der Waals surface area contributed by atoms with Crippen LogP contribution >= 0.6 is 0 Å². The Balaban J connectivity index is 2.03. The molecule has 0 bridgehead atoms. The first-order valence-electron chi connectivity index (χ1n) is 11.0. The summed E-state index contributed by atoms with van der Waals surface area (Å²) in [6.45, 7) is 6.16. The molecule has 3 atom stereocenters. The summed E-state index contributed by atoms with van der Waals surface area (Å²) in [5.41, 5.74) is -0.0287. The van der Waals surface area contributed by atoms with Gasteiger partial charge < -0.3 is 23.7 Å². The number of ketones is 1. The van der Waals surface area contributed by atoms with Gasteiger partial charge in [-0.2, -0.15) is 0 Å². The number of hydrogen-bond acceptors (Lipinski definition) is 9. The standard InChI is InChI=1S/C25H31NO8/c1-6-21(17(3)33-19-10-8-7-9-11-19)34-25(29)16(2)14-20(28)23-24(32-15-31-18(4)27)22(30-5)12-13-26-23/h7-13,16-17,21H,6,14-15H2,1-5H3/t16-,17+,21+/m1/s1. The highest BCUT2D eigenvalue weighted by Crippen LogP contribution is 2.31. The molecule has 0 aliphatic heterocycles. The molecule has 0 saturated carbocycles. The van der Waals surface area contributed by atoms with Gasteiger partial charge in [0.1, 0.15) is 18.0 Å². The first-order chi connectivity index (χ1) is 16.3. The van der Waals surface area contributed by atoms with Crippen molar-refractivity contribution in [2.24, 2.45) is 5.92 Å². The van der Waals surface area contributed by atoms with Crippen LogP contribution in [0, 0.1) is 5.92 Å². The molecule has 2 aromatic rings. The average Bonchev–Trinajstić information content (AvgIpc) is 2.82. The Labute approximate surface area is 199 Å². The minimum atomic E-state index is -0.736. The molecule has 9 nitrogen and oxygen atoms in total. The second-order valence-corrected chi connectivity index (χ2v) is 7.64. The number of methoxy groups -OCH3 is 1. The van der Waals surface area contributed by atoms with Crippen molar-refractivity contribution in [3.05, 3.63) is 48.3 Å². The Kier molecular flexibility index (Phi) is 10.3. The van der Waals surface area contributed by atoms with Crippen LogP contribution in [0.15, 0.2) is 42.6 Å². The van der Waals surface area contributed by atoms with E-state index in [4.69, 9.17) is 23.7 Å². The van der Waals surface area contributed by atoms with Gasteiger partial charge in [-0.15, -0.1) is 0 Å². The number of carbonyl (C=O) groups excluding carboxylic acids is 3. The fraction of sp³-hybridized carbons (Fsp3) is 0.440. The molecular formula is C25H31NO8. The van der Waals surface area contributed by atoms with Gasteiger partial charge >= 0.3 is 11.9 Å². The quantitative estimate of drug-likeness (QED) is 0.242. The molecule has 0 radical (unpaired) electrons. The first-order valence-corrected chi connectivity index (χ1v) is 11.0. The number of para-hydroxylation sites is 1. The summed E-state index contributed by atoms with van der Waals surface area (Å²) in [7, 11) is 1.41. The van der Waals surface area contributed by atoms with Gasteiger partial charge in [-0.05, 0) is 25.5 Å². The van der Waals surface area contributed by atoms with E-state index in [2.05, 4.69) is 4.98 Å². The van der Waals surface area contributed by atoms with Gasteiger partial charge in [0.05, 0.1) is 13.0 Å². The fourth-order valence-electron chi connectivity index (χ4n) is 3.12. The predicted octanol–water partition coefficient (Wildman–Crippen LogP) is 3.99. The van der Waals surface area contributed by atoms with Gasteiger partial charge in [-0.25, -0.2) is 4.98 Å². The Morgan fingerprint density at radius 3 is 2.38 bits per heavy atom. The summed E-state index contributed by atoms with van der Waals surface area (Å²) in [6, 6.07) is 10.8. The third-order valence-electron chi connectivity index (χ3n) is 4.97. The van der Waals surface area contributed by atoms with E-state index < -0.39 is 36.5 Å². The normalized spacial score (nSPS) is 13.2. The van der Waals surface area contributed by atoms with Crippen LogP contribution in [0.4, 0.5) is 0 Å². The lowest BCUT2D eigenvalue weighted by molar-refractivity contribution is -0.158. The maximum atomic E-state index is 12.9. The number of Topliss-reactive ketones (excluding diaryl/α,β-unsaturated/α-hetero) is 1. The Morgan fingerprint density at radius 2 is 1.76 bits per heavy atom. The lowest BCUT2D eigenvalue weighted by Gasteiger charge is -2.25. The van der Waals surface area contributed by atoms with Crippen LogP contribution in [-0.4, -0.2) is 48.8 Å². The largest absolute Gasteiger partial charge is 0.493 e. The topological polar surface area (TPSA) is 110 Å². The lowest BCUT2D eigenvalue weighted by Crippen LogP contribution is -2.35. The molecule has 0 aliphatic rings. The highest BCUT2D eigenvalue weighted by molar-refractivity contribution is 5.99. The molecule has 1 heterocycles. The second kappa shape index (κ2) is 13.2. The monoisotopic (exact) mass is 473 g/mol. The summed E-state index contributed by atoms with van der Waals surface area (Å²) in [4.78, 5) is 40.8. The number of aromatic nitrogens is 1. The van der Waals surface area contributed by atoms with E-state index in [0.717, 1.165) is 0 Å². The van der Waals surface area contributed by atoms with E-state index in [1.807, 2.05) is 44.2 Å². The minimum absolute atomic E-state index is 0.0287. The van der Waals surface area contributed by atoms with E-state index >= 15 is 0 Å². The summed E-state index contributed by atoms with van der Waals surface area (Å²) in [6.07, 6.45) is 0.923. The molecule has 0 amide bonds. The van der Waals surface area contributed by atoms with Crippen LogP contribution in [-0.2, 0) is 19.1 Å². The molecule has 0 spiro atoms. The van der Waals surface area contributed by atoms with Crippen LogP contribution < -0.4 is 14.2 Å². The van der Waals surface area contributed by atoms with E-state index in [1.165, 1.54) is 26.3 Å². The maximum absolute atomic E-state index is 12.9. The van der Waals surface area contributed by atoms with Gasteiger partial charge in [-0.1, -0.05) is 32.0 Å². The van der Waals surface area contributed by atoms with Crippen LogP contribution in [0.2, 0.25) is 0 Å². The molecule has 184 valence electrons. The van der Waals surface area contributed by atoms with Crippen molar-refractivity contribution in [1.29, 1.82) is 0 Å². The number of ether oxygens (including phenoxy) is 5. The van der Waals surface area contributed by atoms with Gasteiger partial charge in [0.15, 0.2) is 23.0 Å². The third kappa shape index (κ3) is 7.75. The van der Waals surface area contributed by atoms with E-state index in [0.29, 0.717) is 12.2 Å². The van der Waals surface area contributed by atoms with Gasteiger partial charge in [0.25, 0.3) is 0 Å². The van der Waals surface area contributed by atoms with Crippen molar-refractivity contribution in [1.82, 2.24) is 4.98 Å². The number of rotatable bonds is 13. The molecule has 0 unspecified atom stereocenters. The van der Waals surface area contributed by atoms with Crippen molar-refractivity contribution >= 4 is 17.7 Å². The van der Waals surface area contributed by atoms with E-state index in [-0.39, 0.29) is 29.7 Å². The van der Waals surface area contributed by atoms with Crippen molar-refractivity contribution < 1.29 is 38.1 Å². The van der Waals surface area contributed by atoms with Crippen molar-refractivity contribution in [3.63, 3.8) is 0 Å². The molecule has 0 fully saturated rings. The summed E-state index contributed by atoms with van der Waals surface area (Å²) in [5, 5.41) is 0. The Morgan fingerprint density at radius 1 is 1.06 bits per heavy atom. The van der Waals surface area contributed by atoms with Crippen molar-refractivity contribution in [3.8, 4) is 17.2 Å². The molecule has 1 aromatic heterocycles. The van der Waals surface area contributed by atoms with Gasteiger partial charge in [0.2, 0.25) is 6.79 Å². The number of nitrogens with zero attached hydrogens (tertiary/aromatic N) is 1. The number of pyridine rings is 1. The van der Waals surface area contributed by atoms with Crippen molar-refractivity contribution in [2.75, 3.05) is 13.9 Å². The molecule has 0 saturated heterocycles. The van der Waals surface area contributed by atoms with Gasteiger partial charge in [-0.3, -0.25) is 14.4 Å². The molecular weight excluding hydrogens is 442 g/mol. The minimum Gasteiger partial charge on any atom is -0.493 e. The first kappa shape index (κ1) is 26.6. The van der Waals surface area contributed by atoms with Crippen LogP contribution in [0.5, 0.6) is 17.2 Å². The Hall–Kier alpha value is -3.62. The smallest absolute Gasteiger partial charge is 0.309 e. The number of esters is 2. The summed E-state index contributed by atoms with van der Waals surface area (Å²) >= 11 is 0. The molecule has 1 aromatic carbocycles. The lowest BCUT2D eigenvalue weighted by atomic mass is 10.0. The summed E-state index contributed by atoms with van der Waals surface area (Å²) in [5.74, 6) is -1.27. The van der Waals surface area contributed by atoms with E-state index in [9.17, 15) is 14.4 Å². The van der Waals surface area contributed by atoms with Crippen LogP contribution in [0.1, 0.15) is 51.0 Å². The molecule has 0 N–H and O–H groups in total. The average molecular weight is 474 g/mol. The third-order valence-corrected chi connectivity index (χ3v) is 4.97. The zero-order valence-corrected chi connectivity index (χ0v) is 20.1. The predicted molar refractivity (Wildman–Crippen MR) is 123 cm³/mol. The molecule has 9 heteroatoms. The zero-order chi connectivity index (χ0) is 25.1. The van der Waals surface area contributed by atoms with Crippen LogP contribution in [0.25, 0.3) is 0 Å². The van der Waals surface area contributed by atoms with E-state index in [1.54, 1.807) is 6.92 Å². The molecule has 2 rings (SSSR count). The number of hydrogen-bond donors (Lipinski definition) is 0. The van der Waals surface area contributed by atoms with Gasteiger partial charge in [0, 0.05) is 25.6 Å². The summed E-state index contributed by atoms with van der Waals surface area (Å²) < 4.78 is 26.9. The maximum Gasteiger partial charge on any atom is 0.309 e. The fourth-order valence-corrected chi connectivity index (χ4v) is 3.12. The second-order valence-electron chi connectivity index (χ2n) is 7.64. The number of benzene rings is 1. The number of carbonyl (C=O) groups is 3. The zero-order valence-electron chi connectivity index (χ0n) is 20.1. The SMILES string of the molecule is CC[C@H](OC(=O)[C@H](C)CC(=O)c1nccc(OC)c1OCOC(C)=O)[C@H](C)Oc1ccccc1. The highest BCUT2D eigenvalue weighted by Gasteiger charge is 2.28.